The zero-order chi connectivity index (χ0) is 25.5. The number of nitrogens with zero attached hydrogens (tertiary/aromatic N) is 1. The number of amides is 2. The molecular weight excluding hydrogens is 479 g/mol. The lowest BCUT2D eigenvalue weighted by Gasteiger charge is -2.47. The smallest absolute Gasteiger partial charge is 0.261 e. The molecule has 0 aromatic heterocycles. The van der Waals surface area contributed by atoms with Gasteiger partial charge in [0.05, 0.1) is 22.7 Å². The van der Waals surface area contributed by atoms with Crippen LogP contribution < -0.4 is 10.6 Å². The van der Waals surface area contributed by atoms with Crippen molar-refractivity contribution >= 4 is 29.1 Å². The van der Waals surface area contributed by atoms with Crippen LogP contribution in [0.3, 0.4) is 0 Å². The molecule has 0 spiro atoms. The molecular formula is C26H27ClF3N3O2. The molecule has 1 saturated carbocycles. The minimum Gasteiger partial charge on any atom is -0.362 e. The number of halogens is 4. The van der Waals surface area contributed by atoms with Crippen LogP contribution in [-0.4, -0.2) is 22.8 Å². The van der Waals surface area contributed by atoms with Crippen molar-refractivity contribution in [3.05, 3.63) is 76.3 Å². The standard InChI is InChI=1S/C26H27ClF3N3O2/c1-14-6-4-7-17(10-14)33-15(2)32-26(3,13-22(33)34)18-8-5-9-21(24(18)27)31-25(35)23-19(29)11-16(28)12-20(23)30/h5,8-9,11-12,14,17,32H,2,4,6-7,10,13H2,1,3H3,(H,31,35). The first-order valence-electron chi connectivity index (χ1n) is 11.5. The van der Waals surface area contributed by atoms with E-state index in [4.69, 9.17) is 11.6 Å². The highest BCUT2D eigenvalue weighted by atomic mass is 35.5. The van der Waals surface area contributed by atoms with Crippen molar-refractivity contribution in [2.45, 2.75) is 57.5 Å². The monoisotopic (exact) mass is 505 g/mol. The van der Waals surface area contributed by atoms with Crippen molar-refractivity contribution in [3.8, 4) is 0 Å². The Morgan fingerprint density at radius 3 is 2.54 bits per heavy atom. The number of hydrogen-bond donors (Lipinski definition) is 2. The van der Waals surface area contributed by atoms with Gasteiger partial charge in [-0.05, 0) is 37.3 Å². The first kappa shape index (κ1) is 25.1. The van der Waals surface area contributed by atoms with Gasteiger partial charge in [0, 0.05) is 18.2 Å². The molecule has 0 bridgehead atoms. The average molecular weight is 506 g/mol. The summed E-state index contributed by atoms with van der Waals surface area (Å²) in [5.41, 5.74) is -1.23. The van der Waals surface area contributed by atoms with Gasteiger partial charge in [0.25, 0.3) is 5.91 Å². The Bertz CT molecular complexity index is 1160. The lowest BCUT2D eigenvalue weighted by Crippen LogP contribution is -2.57. The topological polar surface area (TPSA) is 61.4 Å². The van der Waals surface area contributed by atoms with Crippen molar-refractivity contribution in [2.75, 3.05) is 5.32 Å². The van der Waals surface area contributed by atoms with Crippen LogP contribution in [0.2, 0.25) is 5.02 Å². The van der Waals surface area contributed by atoms with Gasteiger partial charge in [0.2, 0.25) is 5.91 Å². The Morgan fingerprint density at radius 1 is 1.23 bits per heavy atom. The average Bonchev–Trinajstić information content (AvgIpc) is 2.74. The minimum atomic E-state index is -1.33. The van der Waals surface area contributed by atoms with Gasteiger partial charge in [-0.25, -0.2) is 13.2 Å². The molecule has 2 fully saturated rings. The fraction of sp³-hybridized carbons (Fsp3) is 0.385. The highest BCUT2D eigenvalue weighted by Gasteiger charge is 2.42. The molecule has 186 valence electrons. The second-order valence-electron chi connectivity index (χ2n) is 9.64. The second-order valence-corrected chi connectivity index (χ2v) is 10.0. The number of carbonyl (C=O) groups is 2. The van der Waals surface area contributed by atoms with Gasteiger partial charge in [-0.3, -0.25) is 14.5 Å². The molecule has 2 amide bonds. The number of hydrogen-bond acceptors (Lipinski definition) is 3. The summed E-state index contributed by atoms with van der Waals surface area (Å²) in [5.74, 6) is -3.94. The fourth-order valence-corrected chi connectivity index (χ4v) is 5.56. The molecule has 1 aliphatic carbocycles. The lowest BCUT2D eigenvalue weighted by molar-refractivity contribution is -0.137. The highest BCUT2D eigenvalue weighted by Crippen LogP contribution is 2.40. The molecule has 35 heavy (non-hydrogen) atoms. The number of anilines is 1. The van der Waals surface area contributed by atoms with Crippen LogP contribution in [0.1, 0.15) is 61.9 Å². The van der Waals surface area contributed by atoms with Crippen molar-refractivity contribution in [2.24, 2.45) is 5.92 Å². The van der Waals surface area contributed by atoms with Crippen molar-refractivity contribution < 1.29 is 22.8 Å². The zero-order valence-corrected chi connectivity index (χ0v) is 20.3. The lowest BCUT2D eigenvalue weighted by atomic mass is 9.82. The molecule has 9 heteroatoms. The molecule has 1 heterocycles. The molecule has 1 aliphatic heterocycles. The van der Waals surface area contributed by atoms with E-state index in [9.17, 15) is 22.8 Å². The maximum atomic E-state index is 14.1. The summed E-state index contributed by atoms with van der Waals surface area (Å²) in [6.45, 7) is 8.09. The number of rotatable bonds is 4. The van der Waals surface area contributed by atoms with E-state index < -0.39 is 34.5 Å². The van der Waals surface area contributed by atoms with Crippen molar-refractivity contribution in [1.82, 2.24) is 10.2 Å². The molecule has 2 aromatic carbocycles. The van der Waals surface area contributed by atoms with Gasteiger partial charge in [-0.15, -0.1) is 0 Å². The van der Waals surface area contributed by atoms with Crippen LogP contribution in [-0.2, 0) is 10.3 Å². The van der Waals surface area contributed by atoms with E-state index in [1.54, 1.807) is 17.0 Å². The SMILES string of the molecule is C=C1NC(C)(c2cccc(NC(=O)c3c(F)cc(F)cc3F)c2Cl)CC(=O)N1C1CCCC(C)C1. The number of nitrogens with one attached hydrogen (secondary N) is 2. The zero-order valence-electron chi connectivity index (χ0n) is 19.6. The van der Waals surface area contributed by atoms with Gasteiger partial charge < -0.3 is 10.6 Å². The maximum Gasteiger partial charge on any atom is 0.261 e. The summed E-state index contributed by atoms with van der Waals surface area (Å²) in [5, 5.41) is 5.83. The minimum absolute atomic E-state index is 0.0729. The molecule has 1 saturated heterocycles. The van der Waals surface area contributed by atoms with Gasteiger partial charge in [-0.2, -0.15) is 0 Å². The first-order chi connectivity index (χ1) is 16.5. The number of benzene rings is 2. The molecule has 4 rings (SSSR count). The summed E-state index contributed by atoms with van der Waals surface area (Å²) in [4.78, 5) is 27.6. The van der Waals surface area contributed by atoms with E-state index in [0.717, 1.165) is 25.7 Å². The summed E-state index contributed by atoms with van der Waals surface area (Å²) < 4.78 is 41.3. The van der Waals surface area contributed by atoms with Gasteiger partial charge >= 0.3 is 0 Å². The van der Waals surface area contributed by atoms with Crippen molar-refractivity contribution in [1.29, 1.82) is 0 Å². The molecule has 2 aliphatic rings. The van der Waals surface area contributed by atoms with Crippen LogP contribution in [0.4, 0.5) is 18.9 Å². The largest absolute Gasteiger partial charge is 0.362 e. The maximum absolute atomic E-state index is 14.1. The van der Waals surface area contributed by atoms with E-state index in [-0.39, 0.29) is 29.1 Å². The fourth-order valence-electron chi connectivity index (χ4n) is 5.18. The van der Waals surface area contributed by atoms with E-state index in [0.29, 0.717) is 29.4 Å². The predicted octanol–water partition coefficient (Wildman–Crippen LogP) is 6.10. The third-order valence-electron chi connectivity index (χ3n) is 6.83. The van der Waals surface area contributed by atoms with Crippen molar-refractivity contribution in [3.63, 3.8) is 0 Å². The quantitative estimate of drug-likeness (QED) is 0.528. The molecule has 0 radical (unpaired) electrons. The Labute approximate surface area is 207 Å². The Morgan fingerprint density at radius 2 is 1.91 bits per heavy atom. The number of carbonyl (C=O) groups excluding carboxylic acids is 2. The summed E-state index contributed by atoms with van der Waals surface area (Å²) >= 11 is 6.61. The summed E-state index contributed by atoms with van der Waals surface area (Å²) in [6.07, 6.45) is 4.16. The van der Waals surface area contributed by atoms with Crippen LogP contribution in [0.25, 0.3) is 0 Å². The first-order valence-corrected chi connectivity index (χ1v) is 11.9. The molecule has 2 aromatic rings. The van der Waals surface area contributed by atoms with Gasteiger partial charge in [0.15, 0.2) is 0 Å². The van der Waals surface area contributed by atoms with Crippen LogP contribution in [0, 0.1) is 23.4 Å². The Kier molecular flexibility index (Phi) is 6.86. The summed E-state index contributed by atoms with van der Waals surface area (Å²) in [7, 11) is 0. The normalized spacial score (nSPS) is 24.8. The van der Waals surface area contributed by atoms with E-state index in [1.165, 1.54) is 6.07 Å². The molecule has 3 atom stereocenters. The second kappa shape index (κ2) is 9.57. The van der Waals surface area contributed by atoms with Crippen LogP contribution in [0.15, 0.2) is 42.7 Å². The summed E-state index contributed by atoms with van der Waals surface area (Å²) in [6, 6.07) is 5.75. The van der Waals surface area contributed by atoms with Gasteiger partial charge in [-0.1, -0.05) is 50.1 Å². The van der Waals surface area contributed by atoms with E-state index in [2.05, 4.69) is 24.1 Å². The Balaban J connectivity index is 1.58. The van der Waals surface area contributed by atoms with E-state index in [1.807, 2.05) is 6.92 Å². The van der Waals surface area contributed by atoms with Crippen LogP contribution in [0.5, 0.6) is 0 Å². The van der Waals surface area contributed by atoms with Gasteiger partial charge in [0.1, 0.15) is 28.8 Å². The Hall–Kier alpha value is -3.00. The van der Waals surface area contributed by atoms with Crippen LogP contribution >= 0.6 is 11.6 Å². The third-order valence-corrected chi connectivity index (χ3v) is 7.24. The third kappa shape index (κ3) is 4.89. The molecule has 3 unspecified atom stereocenters. The highest BCUT2D eigenvalue weighted by molar-refractivity contribution is 6.34. The molecule has 2 N–H and O–H groups in total. The van der Waals surface area contributed by atoms with E-state index >= 15 is 0 Å². The molecule has 5 nitrogen and oxygen atoms in total. The predicted molar refractivity (Wildman–Crippen MR) is 128 cm³/mol.